The van der Waals surface area contributed by atoms with Gasteiger partial charge in [-0.1, -0.05) is 66.7 Å². The number of benzene rings is 3. The number of hydrogen-bond acceptors (Lipinski definition) is 2. The van der Waals surface area contributed by atoms with Gasteiger partial charge in [-0.25, -0.2) is 0 Å². The highest BCUT2D eigenvalue weighted by Gasteiger charge is 2.11. The van der Waals surface area contributed by atoms with Gasteiger partial charge in [0.2, 0.25) is 0 Å². The van der Waals surface area contributed by atoms with Crippen molar-refractivity contribution in [2.24, 2.45) is 0 Å². The van der Waals surface area contributed by atoms with Crippen molar-refractivity contribution < 1.29 is 0 Å². The first kappa shape index (κ1) is 20.8. The molecule has 29 heavy (non-hydrogen) atoms. The Hall–Kier alpha value is -2.96. The number of nitrogens with one attached hydrogen (secondary N) is 3. The molecule has 0 bridgehead atoms. The highest BCUT2D eigenvalue weighted by atomic mass is 32.1. The van der Waals surface area contributed by atoms with E-state index in [2.05, 4.69) is 33.0 Å². The molecule has 4 nitrogen and oxygen atoms in total. The molecule has 3 aromatic rings. The third kappa shape index (κ3) is 7.18. The molecule has 0 aliphatic rings. The van der Waals surface area contributed by atoms with Crippen molar-refractivity contribution in [3.63, 3.8) is 0 Å². The van der Waals surface area contributed by atoms with Crippen LogP contribution in [0.3, 0.4) is 0 Å². The van der Waals surface area contributed by atoms with E-state index in [4.69, 9.17) is 24.4 Å². The van der Waals surface area contributed by atoms with Gasteiger partial charge in [-0.2, -0.15) is 0 Å². The van der Waals surface area contributed by atoms with E-state index < -0.39 is 0 Å². The second-order valence-corrected chi connectivity index (χ2v) is 7.25. The molecule has 0 saturated carbocycles. The van der Waals surface area contributed by atoms with E-state index in [0.717, 1.165) is 17.9 Å². The minimum atomic E-state index is 0.595. The van der Waals surface area contributed by atoms with Gasteiger partial charge < -0.3 is 20.9 Å². The Morgan fingerprint density at radius 1 is 0.690 bits per heavy atom. The summed E-state index contributed by atoms with van der Waals surface area (Å²) >= 11 is 11.1. The molecule has 0 spiro atoms. The fourth-order valence-corrected chi connectivity index (χ4v) is 3.27. The molecule has 148 valence electrons. The van der Waals surface area contributed by atoms with Crippen LogP contribution in [0.2, 0.25) is 0 Å². The first-order valence-corrected chi connectivity index (χ1v) is 10.3. The Balaban J connectivity index is 1.57. The summed E-state index contributed by atoms with van der Waals surface area (Å²) in [5.74, 6) is 0. The van der Waals surface area contributed by atoms with Gasteiger partial charge in [-0.15, -0.1) is 0 Å². The first-order valence-electron chi connectivity index (χ1n) is 9.45. The molecule has 0 aliphatic carbocycles. The molecule has 0 atom stereocenters. The van der Waals surface area contributed by atoms with Crippen molar-refractivity contribution in [1.82, 2.24) is 10.2 Å². The molecule has 3 N–H and O–H groups in total. The van der Waals surface area contributed by atoms with Crippen LogP contribution >= 0.6 is 24.4 Å². The Morgan fingerprint density at radius 3 is 1.79 bits per heavy atom. The van der Waals surface area contributed by atoms with Crippen LogP contribution in [0.25, 0.3) is 0 Å². The monoisotopic (exact) mass is 420 g/mol. The van der Waals surface area contributed by atoms with E-state index in [9.17, 15) is 0 Å². The van der Waals surface area contributed by atoms with Crippen molar-refractivity contribution >= 4 is 46.0 Å². The highest BCUT2D eigenvalue weighted by Crippen LogP contribution is 2.10. The van der Waals surface area contributed by atoms with Crippen LogP contribution in [-0.4, -0.2) is 28.2 Å². The Bertz CT molecular complexity index is 902. The van der Waals surface area contributed by atoms with Crippen molar-refractivity contribution in [3.8, 4) is 0 Å². The Morgan fingerprint density at radius 2 is 1.21 bits per heavy atom. The van der Waals surface area contributed by atoms with Gasteiger partial charge in [0.05, 0.1) is 0 Å². The number of anilines is 2. The number of nitrogens with zero attached hydrogens (tertiary/aromatic N) is 1. The van der Waals surface area contributed by atoms with Crippen LogP contribution in [-0.2, 0) is 6.54 Å². The molecule has 0 radical (unpaired) electrons. The third-order valence-corrected chi connectivity index (χ3v) is 4.83. The lowest BCUT2D eigenvalue weighted by Gasteiger charge is -2.26. The number of para-hydroxylation sites is 2. The largest absolute Gasteiger partial charge is 0.361 e. The molecule has 0 fully saturated rings. The van der Waals surface area contributed by atoms with Crippen LogP contribution < -0.4 is 16.0 Å². The van der Waals surface area contributed by atoms with Crippen molar-refractivity contribution in [2.75, 3.05) is 23.7 Å². The number of thiocarbonyl (C=S) groups is 2. The molecule has 0 aliphatic heterocycles. The second kappa shape index (κ2) is 11.1. The summed E-state index contributed by atoms with van der Waals surface area (Å²) in [4.78, 5) is 2.13. The van der Waals surface area contributed by atoms with Gasteiger partial charge in [0.25, 0.3) is 0 Å². The van der Waals surface area contributed by atoms with E-state index in [1.165, 1.54) is 5.56 Å². The fourth-order valence-electron chi connectivity index (χ4n) is 2.78. The van der Waals surface area contributed by atoms with E-state index in [1.54, 1.807) is 0 Å². The highest BCUT2D eigenvalue weighted by molar-refractivity contribution is 7.80. The van der Waals surface area contributed by atoms with Gasteiger partial charge in [0.1, 0.15) is 0 Å². The predicted octanol–water partition coefficient (Wildman–Crippen LogP) is 4.87. The summed E-state index contributed by atoms with van der Waals surface area (Å²) in [6.07, 6.45) is 0. The predicted molar refractivity (Wildman–Crippen MR) is 130 cm³/mol. The Labute approximate surface area is 182 Å². The average Bonchev–Trinajstić information content (AvgIpc) is 2.75. The van der Waals surface area contributed by atoms with Gasteiger partial charge in [-0.3, -0.25) is 0 Å². The molecular formula is C23H24N4S2. The standard InChI is InChI=1S/C23H24N4S2/c28-22(25-20-12-6-2-7-13-20)24-16-17-27(18-19-10-4-1-5-11-19)23(29)26-21-14-8-3-9-15-21/h1-15H,16-18H2,(H,26,29)(H2,24,25,28). The van der Waals surface area contributed by atoms with E-state index in [1.807, 2.05) is 78.9 Å². The van der Waals surface area contributed by atoms with E-state index in [-0.39, 0.29) is 0 Å². The van der Waals surface area contributed by atoms with E-state index in [0.29, 0.717) is 23.3 Å². The summed E-state index contributed by atoms with van der Waals surface area (Å²) in [5.41, 5.74) is 3.15. The molecule has 6 heteroatoms. The maximum absolute atomic E-state index is 5.68. The molecule has 0 unspecified atom stereocenters. The molecular weight excluding hydrogens is 396 g/mol. The SMILES string of the molecule is S=C(NCCN(Cc1ccccc1)C(=S)Nc1ccccc1)Nc1ccccc1. The summed E-state index contributed by atoms with van der Waals surface area (Å²) in [7, 11) is 0. The van der Waals surface area contributed by atoms with E-state index >= 15 is 0 Å². The number of rotatable bonds is 7. The van der Waals surface area contributed by atoms with Crippen LogP contribution in [0.5, 0.6) is 0 Å². The molecule has 0 amide bonds. The smallest absolute Gasteiger partial charge is 0.173 e. The molecule has 3 rings (SSSR count). The van der Waals surface area contributed by atoms with Gasteiger partial charge >= 0.3 is 0 Å². The zero-order chi connectivity index (χ0) is 20.3. The van der Waals surface area contributed by atoms with Crippen LogP contribution in [0.1, 0.15) is 5.56 Å². The topological polar surface area (TPSA) is 39.3 Å². The maximum atomic E-state index is 5.68. The van der Waals surface area contributed by atoms with Crippen LogP contribution in [0, 0.1) is 0 Å². The van der Waals surface area contributed by atoms with Crippen molar-refractivity contribution in [3.05, 3.63) is 96.6 Å². The van der Waals surface area contributed by atoms with Gasteiger partial charge in [-0.05, 0) is 54.3 Å². The zero-order valence-corrected chi connectivity index (χ0v) is 17.7. The lowest BCUT2D eigenvalue weighted by atomic mass is 10.2. The first-order chi connectivity index (χ1) is 14.2. The minimum Gasteiger partial charge on any atom is -0.361 e. The number of hydrogen-bond donors (Lipinski definition) is 3. The average molecular weight is 421 g/mol. The maximum Gasteiger partial charge on any atom is 0.173 e. The van der Waals surface area contributed by atoms with Crippen LogP contribution in [0.4, 0.5) is 11.4 Å². The molecule has 0 aromatic heterocycles. The Kier molecular flexibility index (Phi) is 7.98. The lowest BCUT2D eigenvalue weighted by Crippen LogP contribution is -2.41. The van der Waals surface area contributed by atoms with Gasteiger partial charge in [0, 0.05) is 31.0 Å². The fraction of sp³-hybridized carbons (Fsp3) is 0.130. The summed E-state index contributed by atoms with van der Waals surface area (Å²) in [5, 5.41) is 11.0. The summed E-state index contributed by atoms with van der Waals surface area (Å²) in [6, 6.07) is 30.2. The molecule has 0 heterocycles. The van der Waals surface area contributed by atoms with Crippen molar-refractivity contribution in [2.45, 2.75) is 6.54 Å². The lowest BCUT2D eigenvalue weighted by molar-refractivity contribution is 0.422. The quantitative estimate of drug-likeness (QED) is 0.474. The van der Waals surface area contributed by atoms with Crippen LogP contribution in [0.15, 0.2) is 91.0 Å². The second-order valence-electron chi connectivity index (χ2n) is 6.45. The van der Waals surface area contributed by atoms with Crippen molar-refractivity contribution in [1.29, 1.82) is 0 Å². The third-order valence-electron chi connectivity index (χ3n) is 4.23. The normalized spacial score (nSPS) is 10.1. The zero-order valence-electron chi connectivity index (χ0n) is 16.0. The minimum absolute atomic E-state index is 0.595. The summed E-state index contributed by atoms with van der Waals surface area (Å²) in [6.45, 7) is 2.10. The molecule has 0 saturated heterocycles. The van der Waals surface area contributed by atoms with Gasteiger partial charge in [0.15, 0.2) is 10.2 Å². The summed E-state index contributed by atoms with van der Waals surface area (Å²) < 4.78 is 0. The molecule has 3 aromatic carbocycles.